The van der Waals surface area contributed by atoms with Crippen molar-refractivity contribution in [2.75, 3.05) is 0 Å². The van der Waals surface area contributed by atoms with Crippen LogP contribution in [-0.2, 0) is 6.61 Å². The van der Waals surface area contributed by atoms with Gasteiger partial charge in [0, 0.05) is 0 Å². The first kappa shape index (κ1) is 12.5. The third-order valence-electron chi connectivity index (χ3n) is 2.52. The van der Waals surface area contributed by atoms with E-state index in [2.05, 4.69) is 0 Å². The molecular weight excluding hydrogens is 241 g/mol. The topological polar surface area (TPSA) is 9.23 Å². The largest absolute Gasteiger partial charge is 0.489 e. The summed E-state index contributed by atoms with van der Waals surface area (Å²) in [5.41, 5.74) is 0.980. The van der Waals surface area contributed by atoms with Gasteiger partial charge in [-0.05, 0) is 48.4 Å². The van der Waals surface area contributed by atoms with Crippen molar-refractivity contribution in [3.05, 3.63) is 65.0 Å². The van der Waals surface area contributed by atoms with Crippen molar-refractivity contribution in [2.24, 2.45) is 0 Å². The first-order valence-electron chi connectivity index (χ1n) is 5.39. The molecule has 2 aromatic rings. The second-order valence-electron chi connectivity index (χ2n) is 3.95. The Morgan fingerprint density at radius 1 is 0.889 bits per heavy atom. The summed E-state index contributed by atoms with van der Waals surface area (Å²) in [4.78, 5) is 0. The fourth-order valence-electron chi connectivity index (χ4n) is 1.50. The van der Waals surface area contributed by atoms with E-state index in [1.54, 1.807) is 13.0 Å². The predicted octanol–water partition coefficient (Wildman–Crippen LogP) is 3.99. The van der Waals surface area contributed by atoms with Crippen LogP contribution in [0.25, 0.3) is 0 Å². The maximum absolute atomic E-state index is 13.0. The summed E-state index contributed by atoms with van der Waals surface area (Å²) in [6.45, 7) is 1.72. The van der Waals surface area contributed by atoms with Crippen LogP contribution >= 0.6 is 0 Å². The summed E-state index contributed by atoms with van der Waals surface area (Å²) in [6.07, 6.45) is 0. The molecule has 0 spiro atoms. The Hall–Kier alpha value is -1.97. The summed E-state index contributed by atoms with van der Waals surface area (Å²) in [5.74, 6) is -1.63. The molecule has 0 aliphatic carbocycles. The minimum Gasteiger partial charge on any atom is -0.489 e. The normalized spacial score (nSPS) is 10.4. The molecule has 0 aliphatic rings. The molecule has 0 aliphatic heterocycles. The molecule has 0 N–H and O–H groups in total. The van der Waals surface area contributed by atoms with E-state index in [0.29, 0.717) is 16.9 Å². The molecule has 2 rings (SSSR count). The second kappa shape index (κ2) is 5.12. The van der Waals surface area contributed by atoms with Gasteiger partial charge < -0.3 is 4.74 Å². The van der Waals surface area contributed by atoms with Gasteiger partial charge in [0.2, 0.25) is 0 Å². The first-order valence-corrected chi connectivity index (χ1v) is 5.39. The summed E-state index contributed by atoms with van der Waals surface area (Å²) in [6, 6.07) is 7.90. The molecule has 0 saturated heterocycles. The van der Waals surface area contributed by atoms with Crippen molar-refractivity contribution in [3.8, 4) is 5.75 Å². The summed E-state index contributed by atoms with van der Waals surface area (Å²) < 4.78 is 44.0. The summed E-state index contributed by atoms with van der Waals surface area (Å²) in [5, 5.41) is 0. The molecular formula is C14H11F3O. The van der Waals surface area contributed by atoms with Gasteiger partial charge in [-0.3, -0.25) is 0 Å². The van der Waals surface area contributed by atoms with Gasteiger partial charge in [-0.2, -0.15) is 0 Å². The number of halogens is 3. The maximum Gasteiger partial charge on any atom is 0.159 e. The molecule has 0 radical (unpaired) electrons. The van der Waals surface area contributed by atoms with E-state index in [1.807, 2.05) is 0 Å². The van der Waals surface area contributed by atoms with Crippen LogP contribution in [0.2, 0.25) is 0 Å². The minimum atomic E-state index is -0.911. The summed E-state index contributed by atoms with van der Waals surface area (Å²) in [7, 11) is 0. The minimum absolute atomic E-state index is 0.0995. The van der Waals surface area contributed by atoms with Crippen LogP contribution in [0, 0.1) is 24.4 Å². The molecule has 0 fully saturated rings. The lowest BCUT2D eigenvalue weighted by Crippen LogP contribution is -1.97. The Balaban J connectivity index is 2.06. The van der Waals surface area contributed by atoms with E-state index in [9.17, 15) is 13.2 Å². The molecule has 4 heteroatoms. The number of hydrogen-bond acceptors (Lipinski definition) is 1. The van der Waals surface area contributed by atoms with Crippen LogP contribution in [0.1, 0.15) is 11.1 Å². The molecule has 18 heavy (non-hydrogen) atoms. The molecule has 0 aromatic heterocycles. The number of hydrogen-bond donors (Lipinski definition) is 0. The van der Waals surface area contributed by atoms with Gasteiger partial charge >= 0.3 is 0 Å². The standard InChI is InChI=1S/C14H11F3O/c1-9-6-11(3-5-12(9)15)18-8-10-2-4-13(16)14(17)7-10/h2-7H,8H2,1H3. The van der Waals surface area contributed by atoms with Crippen molar-refractivity contribution in [2.45, 2.75) is 13.5 Å². The third-order valence-corrected chi connectivity index (χ3v) is 2.52. The van der Waals surface area contributed by atoms with Crippen LogP contribution in [0.3, 0.4) is 0 Å². The van der Waals surface area contributed by atoms with E-state index in [-0.39, 0.29) is 12.4 Å². The van der Waals surface area contributed by atoms with E-state index in [1.165, 1.54) is 18.2 Å². The lowest BCUT2D eigenvalue weighted by atomic mass is 10.2. The fraction of sp³-hybridized carbons (Fsp3) is 0.143. The number of ether oxygens (including phenoxy) is 1. The molecule has 0 saturated carbocycles. The average molecular weight is 252 g/mol. The zero-order valence-electron chi connectivity index (χ0n) is 9.71. The van der Waals surface area contributed by atoms with Gasteiger partial charge in [0.15, 0.2) is 11.6 Å². The van der Waals surface area contributed by atoms with E-state index in [0.717, 1.165) is 12.1 Å². The van der Waals surface area contributed by atoms with E-state index >= 15 is 0 Å². The lowest BCUT2D eigenvalue weighted by Gasteiger charge is -2.07. The second-order valence-corrected chi connectivity index (χ2v) is 3.95. The molecule has 0 atom stereocenters. The quantitative estimate of drug-likeness (QED) is 0.802. The van der Waals surface area contributed by atoms with Crippen molar-refractivity contribution >= 4 is 0 Å². The highest BCUT2D eigenvalue weighted by Gasteiger charge is 2.04. The Bertz CT molecular complexity index is 515. The third kappa shape index (κ3) is 2.83. The highest BCUT2D eigenvalue weighted by molar-refractivity contribution is 5.29. The summed E-state index contributed by atoms with van der Waals surface area (Å²) >= 11 is 0. The van der Waals surface area contributed by atoms with E-state index < -0.39 is 11.6 Å². The van der Waals surface area contributed by atoms with Gasteiger partial charge in [-0.1, -0.05) is 6.07 Å². The van der Waals surface area contributed by atoms with Crippen molar-refractivity contribution in [1.82, 2.24) is 0 Å². The molecule has 1 nitrogen and oxygen atoms in total. The Labute approximate surface area is 103 Å². The maximum atomic E-state index is 13.0. The lowest BCUT2D eigenvalue weighted by molar-refractivity contribution is 0.304. The van der Waals surface area contributed by atoms with E-state index in [4.69, 9.17) is 4.74 Å². The fourth-order valence-corrected chi connectivity index (χ4v) is 1.50. The highest BCUT2D eigenvalue weighted by atomic mass is 19.2. The Kier molecular flexibility index (Phi) is 3.55. The zero-order chi connectivity index (χ0) is 13.1. The van der Waals surface area contributed by atoms with Gasteiger partial charge in [0.1, 0.15) is 18.2 Å². The van der Waals surface area contributed by atoms with Crippen LogP contribution in [0.4, 0.5) is 13.2 Å². The van der Waals surface area contributed by atoms with Gasteiger partial charge in [-0.15, -0.1) is 0 Å². The van der Waals surface area contributed by atoms with Crippen molar-refractivity contribution < 1.29 is 17.9 Å². The number of aryl methyl sites for hydroxylation is 1. The SMILES string of the molecule is Cc1cc(OCc2ccc(F)c(F)c2)ccc1F. The molecule has 0 bridgehead atoms. The predicted molar refractivity (Wildman–Crippen MR) is 61.8 cm³/mol. The average Bonchev–Trinajstić information content (AvgIpc) is 2.35. The Morgan fingerprint density at radius 2 is 1.61 bits per heavy atom. The zero-order valence-corrected chi connectivity index (χ0v) is 9.71. The van der Waals surface area contributed by atoms with Crippen LogP contribution in [-0.4, -0.2) is 0 Å². The molecule has 0 amide bonds. The van der Waals surface area contributed by atoms with Gasteiger partial charge in [0.05, 0.1) is 0 Å². The van der Waals surface area contributed by atoms with Crippen molar-refractivity contribution in [1.29, 1.82) is 0 Å². The molecule has 0 unspecified atom stereocenters. The van der Waals surface area contributed by atoms with Gasteiger partial charge in [-0.25, -0.2) is 13.2 Å². The number of rotatable bonds is 3. The monoisotopic (exact) mass is 252 g/mol. The van der Waals surface area contributed by atoms with Crippen molar-refractivity contribution in [3.63, 3.8) is 0 Å². The molecule has 94 valence electrons. The van der Waals surface area contributed by atoms with Crippen LogP contribution < -0.4 is 4.74 Å². The Morgan fingerprint density at radius 3 is 2.28 bits per heavy atom. The number of benzene rings is 2. The molecule has 2 aromatic carbocycles. The highest BCUT2D eigenvalue weighted by Crippen LogP contribution is 2.18. The smallest absolute Gasteiger partial charge is 0.159 e. The van der Waals surface area contributed by atoms with Crippen LogP contribution in [0.15, 0.2) is 36.4 Å². The first-order chi connectivity index (χ1) is 8.56. The van der Waals surface area contributed by atoms with Gasteiger partial charge in [0.25, 0.3) is 0 Å². The molecule has 0 heterocycles. The van der Waals surface area contributed by atoms with Crippen LogP contribution in [0.5, 0.6) is 5.75 Å².